The molecule has 6 nitrogen and oxygen atoms in total. The quantitative estimate of drug-likeness (QED) is 0.517. The largest absolute Gasteiger partial charge is 0.353 e. The molecule has 0 bridgehead atoms. The minimum Gasteiger partial charge on any atom is -0.353 e. The molecule has 7 heteroatoms. The number of rotatable bonds is 10. The molecule has 0 aliphatic rings. The van der Waals surface area contributed by atoms with Crippen molar-refractivity contribution in [2.24, 2.45) is 13.0 Å². The SMILES string of the molecule is CCCCN(Cc1cccn1C)C(=O)CN(CC(C)C)C(=O)Nc1ccccc1Br. The van der Waals surface area contributed by atoms with Crippen molar-refractivity contribution in [3.05, 3.63) is 52.8 Å². The molecule has 0 aliphatic carbocycles. The molecule has 2 aromatic rings. The highest BCUT2D eigenvalue weighted by Gasteiger charge is 2.23. The Balaban J connectivity index is 2.13. The highest BCUT2D eigenvalue weighted by atomic mass is 79.9. The summed E-state index contributed by atoms with van der Waals surface area (Å²) in [6.07, 6.45) is 3.92. The van der Waals surface area contributed by atoms with Crippen molar-refractivity contribution in [2.45, 2.75) is 40.2 Å². The molecule has 164 valence electrons. The van der Waals surface area contributed by atoms with Crippen molar-refractivity contribution in [3.63, 3.8) is 0 Å². The highest BCUT2D eigenvalue weighted by Crippen LogP contribution is 2.21. The normalized spacial score (nSPS) is 10.9. The van der Waals surface area contributed by atoms with Gasteiger partial charge in [0.1, 0.15) is 6.54 Å². The van der Waals surface area contributed by atoms with Crippen molar-refractivity contribution < 1.29 is 9.59 Å². The van der Waals surface area contributed by atoms with E-state index in [4.69, 9.17) is 0 Å². The Morgan fingerprint density at radius 1 is 1.13 bits per heavy atom. The van der Waals surface area contributed by atoms with Crippen LogP contribution in [-0.4, -0.2) is 45.9 Å². The summed E-state index contributed by atoms with van der Waals surface area (Å²) in [7, 11) is 1.98. The number of aryl methyl sites for hydroxylation is 1. The van der Waals surface area contributed by atoms with Crippen LogP contribution in [0.2, 0.25) is 0 Å². The van der Waals surface area contributed by atoms with Crippen LogP contribution in [0.5, 0.6) is 0 Å². The number of carbonyl (C=O) groups excluding carboxylic acids is 2. The highest BCUT2D eigenvalue weighted by molar-refractivity contribution is 9.10. The maximum Gasteiger partial charge on any atom is 0.322 e. The summed E-state index contributed by atoms with van der Waals surface area (Å²) >= 11 is 3.46. The molecule has 0 atom stereocenters. The Labute approximate surface area is 188 Å². The number of halogens is 1. The predicted octanol–water partition coefficient (Wildman–Crippen LogP) is 5.11. The van der Waals surface area contributed by atoms with Gasteiger partial charge in [-0.2, -0.15) is 0 Å². The van der Waals surface area contributed by atoms with Crippen molar-refractivity contribution in [3.8, 4) is 0 Å². The molecule has 1 heterocycles. The zero-order valence-electron chi connectivity index (χ0n) is 18.4. The smallest absolute Gasteiger partial charge is 0.322 e. The van der Waals surface area contributed by atoms with Crippen molar-refractivity contribution in [1.82, 2.24) is 14.4 Å². The van der Waals surface area contributed by atoms with E-state index in [2.05, 4.69) is 28.2 Å². The zero-order chi connectivity index (χ0) is 22.1. The first-order valence-electron chi connectivity index (χ1n) is 10.5. The van der Waals surface area contributed by atoms with Crippen LogP contribution in [-0.2, 0) is 18.4 Å². The Kier molecular flexibility index (Phi) is 9.43. The number of anilines is 1. The van der Waals surface area contributed by atoms with E-state index in [-0.39, 0.29) is 24.4 Å². The molecule has 0 spiro atoms. The Hall–Kier alpha value is -2.28. The second-order valence-electron chi connectivity index (χ2n) is 7.96. The number of amides is 3. The maximum atomic E-state index is 13.2. The van der Waals surface area contributed by atoms with Gasteiger partial charge in [0.2, 0.25) is 5.91 Å². The number of carbonyl (C=O) groups is 2. The molecule has 0 saturated carbocycles. The van der Waals surface area contributed by atoms with Crippen LogP contribution in [0.1, 0.15) is 39.3 Å². The lowest BCUT2D eigenvalue weighted by atomic mass is 10.2. The van der Waals surface area contributed by atoms with Crippen LogP contribution in [0.25, 0.3) is 0 Å². The first kappa shape index (κ1) is 24.0. The molecule has 1 N–H and O–H groups in total. The van der Waals surface area contributed by atoms with Gasteiger partial charge in [0, 0.05) is 36.5 Å². The van der Waals surface area contributed by atoms with Crippen LogP contribution in [0, 0.1) is 5.92 Å². The third-order valence-electron chi connectivity index (χ3n) is 4.85. The molecule has 0 aliphatic heterocycles. The van der Waals surface area contributed by atoms with Gasteiger partial charge in [0.15, 0.2) is 0 Å². The van der Waals surface area contributed by atoms with Crippen LogP contribution in [0.4, 0.5) is 10.5 Å². The van der Waals surface area contributed by atoms with Gasteiger partial charge in [0.25, 0.3) is 0 Å². The lowest BCUT2D eigenvalue weighted by molar-refractivity contribution is -0.132. The molecule has 3 amide bonds. The first-order valence-corrected chi connectivity index (χ1v) is 11.3. The monoisotopic (exact) mass is 476 g/mol. The fourth-order valence-electron chi connectivity index (χ4n) is 3.18. The molecule has 30 heavy (non-hydrogen) atoms. The molecule has 0 unspecified atom stereocenters. The fourth-order valence-corrected chi connectivity index (χ4v) is 3.56. The summed E-state index contributed by atoms with van der Waals surface area (Å²) in [6.45, 7) is 7.99. The summed E-state index contributed by atoms with van der Waals surface area (Å²) in [6, 6.07) is 11.2. The summed E-state index contributed by atoms with van der Waals surface area (Å²) in [5, 5.41) is 2.92. The third kappa shape index (κ3) is 7.20. The second-order valence-corrected chi connectivity index (χ2v) is 8.82. The van der Waals surface area contributed by atoms with E-state index in [1.807, 2.05) is 73.0 Å². The predicted molar refractivity (Wildman–Crippen MR) is 125 cm³/mol. The zero-order valence-corrected chi connectivity index (χ0v) is 20.0. The summed E-state index contributed by atoms with van der Waals surface area (Å²) < 4.78 is 2.83. The second kappa shape index (κ2) is 11.8. The van der Waals surface area contributed by atoms with Gasteiger partial charge in [-0.25, -0.2) is 4.79 Å². The van der Waals surface area contributed by atoms with Gasteiger partial charge in [-0.3, -0.25) is 4.79 Å². The van der Waals surface area contributed by atoms with E-state index in [0.717, 1.165) is 23.0 Å². The molecular weight excluding hydrogens is 444 g/mol. The number of nitrogens with one attached hydrogen (secondary N) is 1. The lowest BCUT2D eigenvalue weighted by Crippen LogP contribution is -2.46. The Morgan fingerprint density at radius 2 is 1.87 bits per heavy atom. The van der Waals surface area contributed by atoms with Crippen LogP contribution in [0.15, 0.2) is 47.1 Å². The molecule has 1 aromatic heterocycles. The number of nitrogens with zero attached hydrogens (tertiary/aromatic N) is 3. The van der Waals surface area contributed by atoms with Gasteiger partial charge in [-0.1, -0.05) is 39.3 Å². The summed E-state index contributed by atoms with van der Waals surface area (Å²) in [5.74, 6) is 0.215. The van der Waals surface area contributed by atoms with Crippen LogP contribution in [0.3, 0.4) is 0 Å². The first-order chi connectivity index (χ1) is 14.3. The van der Waals surface area contributed by atoms with Gasteiger partial charge >= 0.3 is 6.03 Å². The van der Waals surface area contributed by atoms with E-state index in [9.17, 15) is 9.59 Å². The number of aromatic nitrogens is 1. The minimum atomic E-state index is -0.266. The minimum absolute atomic E-state index is 0.0347. The third-order valence-corrected chi connectivity index (χ3v) is 5.54. The van der Waals surface area contributed by atoms with Gasteiger partial charge in [0.05, 0.1) is 12.2 Å². The summed E-state index contributed by atoms with van der Waals surface area (Å²) in [4.78, 5) is 29.6. The van der Waals surface area contributed by atoms with Crippen molar-refractivity contribution in [2.75, 3.05) is 25.0 Å². The molecule has 0 fully saturated rings. The van der Waals surface area contributed by atoms with Gasteiger partial charge < -0.3 is 19.7 Å². The average Bonchev–Trinajstić information content (AvgIpc) is 3.10. The summed E-state index contributed by atoms with van der Waals surface area (Å²) in [5.41, 5.74) is 1.77. The number of hydrogen-bond acceptors (Lipinski definition) is 2. The Morgan fingerprint density at radius 3 is 2.47 bits per heavy atom. The van der Waals surface area contributed by atoms with Crippen molar-refractivity contribution >= 4 is 33.6 Å². The number of hydrogen-bond donors (Lipinski definition) is 1. The standard InChI is InChI=1S/C23H33BrN4O2/c1-5-6-14-27(16-19-10-9-13-26(19)4)22(29)17-28(15-18(2)3)23(30)25-21-12-8-7-11-20(21)24/h7-13,18H,5-6,14-17H2,1-4H3,(H,25,30). The number of unbranched alkanes of at least 4 members (excludes halogenated alkanes) is 1. The number of urea groups is 1. The molecule has 1 aromatic carbocycles. The number of benzene rings is 1. The van der Waals surface area contributed by atoms with E-state index < -0.39 is 0 Å². The molecule has 2 rings (SSSR count). The molecule has 0 radical (unpaired) electrons. The average molecular weight is 477 g/mol. The van der Waals surface area contributed by atoms with Crippen LogP contribution < -0.4 is 5.32 Å². The van der Waals surface area contributed by atoms with Crippen LogP contribution >= 0.6 is 15.9 Å². The molecular formula is C23H33BrN4O2. The molecule has 0 saturated heterocycles. The fraction of sp³-hybridized carbons (Fsp3) is 0.478. The maximum absolute atomic E-state index is 13.2. The van der Waals surface area contributed by atoms with E-state index in [1.165, 1.54) is 0 Å². The van der Waals surface area contributed by atoms with Gasteiger partial charge in [-0.15, -0.1) is 0 Å². The van der Waals surface area contributed by atoms with Gasteiger partial charge in [-0.05, 0) is 52.5 Å². The lowest BCUT2D eigenvalue weighted by Gasteiger charge is -2.29. The van der Waals surface area contributed by atoms with E-state index in [1.54, 1.807) is 4.90 Å². The van der Waals surface area contributed by atoms with E-state index in [0.29, 0.717) is 25.3 Å². The van der Waals surface area contributed by atoms with E-state index >= 15 is 0 Å². The topological polar surface area (TPSA) is 57.6 Å². The Bertz CT molecular complexity index is 834. The number of para-hydroxylation sites is 1. The van der Waals surface area contributed by atoms with Crippen molar-refractivity contribution in [1.29, 1.82) is 0 Å².